The lowest BCUT2D eigenvalue weighted by molar-refractivity contribution is -0.0765. The van der Waals surface area contributed by atoms with E-state index in [0.717, 1.165) is 66.5 Å². The Bertz CT molecular complexity index is 1200. The van der Waals surface area contributed by atoms with Crippen LogP contribution in [0.15, 0.2) is 48.5 Å². The van der Waals surface area contributed by atoms with Crippen molar-refractivity contribution in [2.75, 3.05) is 19.6 Å². The Hall–Kier alpha value is -2.83. The number of carbonyl (C=O) groups is 1. The Labute approximate surface area is 200 Å². The van der Waals surface area contributed by atoms with E-state index in [1.807, 2.05) is 50.2 Å². The molecule has 34 heavy (non-hydrogen) atoms. The highest BCUT2D eigenvalue weighted by Gasteiger charge is 2.42. The van der Waals surface area contributed by atoms with E-state index in [1.54, 1.807) is 6.07 Å². The van der Waals surface area contributed by atoms with Gasteiger partial charge in [0.1, 0.15) is 5.82 Å². The highest BCUT2D eigenvalue weighted by Crippen LogP contribution is 2.39. The summed E-state index contributed by atoms with van der Waals surface area (Å²) in [6.07, 6.45) is 3.87. The van der Waals surface area contributed by atoms with E-state index in [2.05, 4.69) is 15.2 Å². The number of hydrogen-bond acceptors (Lipinski definition) is 4. The Morgan fingerprint density at radius 2 is 1.94 bits per heavy atom. The van der Waals surface area contributed by atoms with Crippen LogP contribution in [0.2, 0.25) is 0 Å². The van der Waals surface area contributed by atoms with Gasteiger partial charge in [-0.1, -0.05) is 29.8 Å². The number of ether oxygens (including phenoxy) is 1. The number of rotatable bonds is 5. The maximum absolute atomic E-state index is 14.0. The second kappa shape index (κ2) is 9.43. The van der Waals surface area contributed by atoms with Crippen molar-refractivity contribution in [1.29, 1.82) is 0 Å². The zero-order chi connectivity index (χ0) is 23.7. The average molecular weight is 462 g/mol. The number of carbonyl (C=O) groups excluding carboxylic acids is 1. The van der Waals surface area contributed by atoms with Crippen LogP contribution in [0.25, 0.3) is 10.9 Å². The molecule has 178 valence electrons. The van der Waals surface area contributed by atoms with Gasteiger partial charge in [0.15, 0.2) is 0 Å². The fourth-order valence-corrected chi connectivity index (χ4v) is 5.35. The lowest BCUT2D eigenvalue weighted by Crippen LogP contribution is -2.45. The monoisotopic (exact) mass is 461 g/mol. The summed E-state index contributed by atoms with van der Waals surface area (Å²) >= 11 is 0. The third kappa shape index (κ3) is 4.84. The van der Waals surface area contributed by atoms with E-state index in [9.17, 15) is 9.18 Å². The number of halogens is 1. The van der Waals surface area contributed by atoms with Crippen molar-refractivity contribution < 1.29 is 13.9 Å². The van der Waals surface area contributed by atoms with E-state index in [1.165, 1.54) is 6.07 Å². The van der Waals surface area contributed by atoms with Crippen LogP contribution >= 0.6 is 0 Å². The highest BCUT2D eigenvalue weighted by atomic mass is 19.1. The van der Waals surface area contributed by atoms with Crippen molar-refractivity contribution in [2.45, 2.75) is 57.8 Å². The van der Waals surface area contributed by atoms with Crippen LogP contribution in [0.4, 0.5) is 4.39 Å². The molecule has 5 nitrogen and oxygen atoms in total. The molecule has 1 spiro atoms. The maximum Gasteiger partial charge on any atom is 0.252 e. The second-order valence-corrected chi connectivity index (χ2v) is 9.87. The lowest BCUT2D eigenvalue weighted by atomic mass is 9.88. The van der Waals surface area contributed by atoms with Crippen molar-refractivity contribution in [3.05, 3.63) is 76.7 Å². The van der Waals surface area contributed by atoms with Gasteiger partial charge in [-0.3, -0.25) is 14.7 Å². The number of amides is 1. The van der Waals surface area contributed by atoms with Crippen LogP contribution in [0.5, 0.6) is 0 Å². The predicted molar refractivity (Wildman–Crippen MR) is 131 cm³/mol. The Balaban J connectivity index is 1.16. The topological polar surface area (TPSA) is 54.5 Å². The van der Waals surface area contributed by atoms with E-state index in [4.69, 9.17) is 4.74 Å². The normalized spacial score (nSPS) is 20.1. The van der Waals surface area contributed by atoms with Gasteiger partial charge in [0.25, 0.3) is 5.91 Å². The molecular formula is C28H32FN3O2. The third-order valence-corrected chi connectivity index (χ3v) is 7.28. The molecule has 0 unspecified atom stereocenters. The van der Waals surface area contributed by atoms with Crippen molar-refractivity contribution in [2.24, 2.45) is 0 Å². The predicted octanol–water partition coefficient (Wildman–Crippen LogP) is 4.93. The Morgan fingerprint density at radius 3 is 2.74 bits per heavy atom. The molecule has 2 saturated heterocycles. The van der Waals surface area contributed by atoms with Crippen LogP contribution in [0.1, 0.15) is 52.9 Å². The van der Waals surface area contributed by atoms with Gasteiger partial charge in [0, 0.05) is 42.8 Å². The molecule has 5 rings (SSSR count). The smallest absolute Gasteiger partial charge is 0.252 e. The maximum atomic E-state index is 14.0. The van der Waals surface area contributed by atoms with Crippen LogP contribution < -0.4 is 5.32 Å². The van der Waals surface area contributed by atoms with Crippen molar-refractivity contribution in [3.8, 4) is 0 Å². The second-order valence-electron chi connectivity index (χ2n) is 9.87. The fourth-order valence-electron chi connectivity index (χ4n) is 5.35. The van der Waals surface area contributed by atoms with Gasteiger partial charge >= 0.3 is 0 Å². The Morgan fingerprint density at radius 1 is 1.15 bits per heavy atom. The molecule has 0 radical (unpaired) electrons. The minimum atomic E-state index is -0.136. The molecule has 0 bridgehead atoms. The highest BCUT2D eigenvalue weighted by molar-refractivity contribution is 6.06. The fraction of sp³-hybridized carbons (Fsp3) is 0.429. The molecule has 2 aliphatic heterocycles. The summed E-state index contributed by atoms with van der Waals surface area (Å²) in [5.74, 6) is -0.214. The number of fused-ring (bicyclic) bond motifs is 1. The zero-order valence-electron chi connectivity index (χ0n) is 19.9. The summed E-state index contributed by atoms with van der Waals surface area (Å²) in [4.78, 5) is 19.9. The molecule has 2 fully saturated rings. The largest absolute Gasteiger partial charge is 0.370 e. The summed E-state index contributed by atoms with van der Waals surface area (Å²) < 4.78 is 20.5. The molecule has 1 aromatic heterocycles. The number of nitrogens with one attached hydrogen (secondary N) is 1. The summed E-state index contributed by atoms with van der Waals surface area (Å²) in [7, 11) is 0. The molecular weight excluding hydrogens is 429 g/mol. The van der Waals surface area contributed by atoms with Gasteiger partial charge in [-0.15, -0.1) is 0 Å². The van der Waals surface area contributed by atoms with E-state index < -0.39 is 0 Å². The first-order chi connectivity index (χ1) is 16.4. The van der Waals surface area contributed by atoms with Gasteiger partial charge in [0.05, 0.1) is 22.8 Å². The number of hydrogen-bond donors (Lipinski definition) is 1. The molecule has 1 N–H and O–H groups in total. The van der Waals surface area contributed by atoms with E-state index in [0.29, 0.717) is 18.7 Å². The van der Waals surface area contributed by atoms with Crippen LogP contribution in [0.3, 0.4) is 0 Å². The van der Waals surface area contributed by atoms with Crippen molar-refractivity contribution >= 4 is 16.8 Å². The number of likely N-dealkylation sites (tertiary alicyclic amines) is 1. The zero-order valence-corrected chi connectivity index (χ0v) is 19.9. The number of aryl methyl sites for hydroxylation is 2. The van der Waals surface area contributed by atoms with Crippen molar-refractivity contribution in [3.63, 3.8) is 0 Å². The SMILES string of the molecule is Cc1ccc2nc(C)cc(C(=O)NC[C@H]3CCC4(CCN(Cc5ccccc5F)CC4)O3)c2c1. The van der Waals surface area contributed by atoms with E-state index in [-0.39, 0.29) is 23.4 Å². The minimum absolute atomic E-state index is 0.0259. The molecule has 3 heterocycles. The molecule has 6 heteroatoms. The Kier molecular flexibility index (Phi) is 6.36. The first kappa shape index (κ1) is 22.9. The van der Waals surface area contributed by atoms with Crippen LogP contribution in [-0.2, 0) is 11.3 Å². The number of nitrogens with zero attached hydrogens (tertiary/aromatic N) is 2. The van der Waals surface area contributed by atoms with Crippen LogP contribution in [0, 0.1) is 19.7 Å². The van der Waals surface area contributed by atoms with Gasteiger partial charge < -0.3 is 10.1 Å². The van der Waals surface area contributed by atoms with Gasteiger partial charge in [0.2, 0.25) is 0 Å². The summed E-state index contributed by atoms with van der Waals surface area (Å²) in [5.41, 5.74) is 4.09. The first-order valence-corrected chi connectivity index (χ1v) is 12.2. The van der Waals surface area contributed by atoms with Gasteiger partial charge in [-0.05, 0) is 63.8 Å². The molecule has 3 aromatic rings. The average Bonchev–Trinajstić information content (AvgIpc) is 3.23. The number of benzene rings is 2. The standard InChI is InChI=1S/C28H32FN3O2/c1-19-7-8-26-23(15-19)24(16-20(2)31-26)27(33)30-17-22-9-10-28(34-22)11-13-32(14-12-28)18-21-5-3-4-6-25(21)29/h3-8,15-16,22H,9-14,17-18H2,1-2H3,(H,30,33)/t22-/m1/s1. The summed E-state index contributed by atoms with van der Waals surface area (Å²) in [6.45, 7) is 6.88. The number of pyridine rings is 1. The molecule has 2 aliphatic rings. The summed E-state index contributed by atoms with van der Waals surface area (Å²) in [5, 5.41) is 3.99. The van der Waals surface area contributed by atoms with Gasteiger partial charge in [-0.25, -0.2) is 4.39 Å². The molecule has 2 aromatic carbocycles. The first-order valence-electron chi connectivity index (χ1n) is 12.2. The number of piperidine rings is 1. The van der Waals surface area contributed by atoms with Crippen molar-refractivity contribution in [1.82, 2.24) is 15.2 Å². The number of aromatic nitrogens is 1. The van der Waals surface area contributed by atoms with Gasteiger partial charge in [-0.2, -0.15) is 0 Å². The third-order valence-electron chi connectivity index (χ3n) is 7.28. The van der Waals surface area contributed by atoms with Crippen LogP contribution in [-0.4, -0.2) is 47.1 Å². The molecule has 1 amide bonds. The van der Waals surface area contributed by atoms with E-state index >= 15 is 0 Å². The summed E-state index contributed by atoms with van der Waals surface area (Å²) in [6, 6.07) is 14.9. The molecule has 0 saturated carbocycles. The minimum Gasteiger partial charge on any atom is -0.370 e. The lowest BCUT2D eigenvalue weighted by Gasteiger charge is -2.39. The molecule has 0 aliphatic carbocycles. The molecule has 1 atom stereocenters. The quantitative estimate of drug-likeness (QED) is 0.585.